The Morgan fingerprint density at radius 1 is 1.19 bits per heavy atom. The summed E-state index contributed by atoms with van der Waals surface area (Å²) >= 11 is 1.34. The molecular formula is C19H21N3O4S. The second kappa shape index (κ2) is 8.68. The Balaban J connectivity index is 1.93. The molecule has 2 heterocycles. The van der Waals surface area contributed by atoms with Crippen molar-refractivity contribution >= 4 is 22.4 Å². The fourth-order valence-electron chi connectivity index (χ4n) is 2.51. The van der Waals surface area contributed by atoms with Gasteiger partial charge >= 0.3 is 0 Å². The number of nitrogens with zero attached hydrogens (tertiary/aromatic N) is 3. The van der Waals surface area contributed by atoms with Gasteiger partial charge in [0.05, 0.1) is 20.5 Å². The van der Waals surface area contributed by atoms with Crippen molar-refractivity contribution in [2.45, 2.75) is 19.8 Å². The molecule has 142 valence electrons. The third-order valence-electron chi connectivity index (χ3n) is 3.96. The van der Waals surface area contributed by atoms with E-state index in [1.54, 1.807) is 37.3 Å². The minimum atomic E-state index is -0.223. The average Bonchev–Trinajstić information content (AvgIpc) is 3.40. The first-order chi connectivity index (χ1) is 13.2. The Labute approximate surface area is 161 Å². The van der Waals surface area contributed by atoms with Gasteiger partial charge in [-0.1, -0.05) is 24.7 Å². The van der Waals surface area contributed by atoms with Crippen molar-refractivity contribution < 1.29 is 18.7 Å². The van der Waals surface area contributed by atoms with Crippen LogP contribution in [0.25, 0.3) is 10.6 Å². The lowest BCUT2D eigenvalue weighted by Crippen LogP contribution is -2.31. The summed E-state index contributed by atoms with van der Waals surface area (Å²) in [6, 6.07) is 8.85. The second-order valence-electron chi connectivity index (χ2n) is 5.78. The van der Waals surface area contributed by atoms with Crippen molar-refractivity contribution in [2.75, 3.05) is 25.7 Å². The summed E-state index contributed by atoms with van der Waals surface area (Å²) in [4.78, 5) is 14.4. The van der Waals surface area contributed by atoms with E-state index in [1.807, 2.05) is 12.1 Å². The van der Waals surface area contributed by atoms with E-state index in [0.29, 0.717) is 28.2 Å². The molecule has 0 fully saturated rings. The number of amides is 1. The normalized spacial score (nSPS) is 10.6. The Bertz CT molecular complexity index is 870. The number of ether oxygens (including phenoxy) is 2. The summed E-state index contributed by atoms with van der Waals surface area (Å²) in [6.07, 6.45) is 3.30. The highest BCUT2D eigenvalue weighted by Crippen LogP contribution is 2.34. The summed E-state index contributed by atoms with van der Waals surface area (Å²) in [5, 5.41) is 9.71. The Hall–Kier alpha value is -2.87. The fourth-order valence-corrected chi connectivity index (χ4v) is 3.36. The first-order valence-electron chi connectivity index (χ1n) is 8.58. The zero-order valence-electron chi connectivity index (χ0n) is 15.5. The van der Waals surface area contributed by atoms with Crippen LogP contribution in [0.4, 0.5) is 5.13 Å². The van der Waals surface area contributed by atoms with Gasteiger partial charge in [0.1, 0.15) is 16.5 Å². The van der Waals surface area contributed by atoms with E-state index in [2.05, 4.69) is 17.1 Å². The number of aromatic nitrogens is 2. The number of anilines is 1. The van der Waals surface area contributed by atoms with E-state index in [1.165, 1.54) is 17.6 Å². The number of methoxy groups -OCH3 is 2. The Morgan fingerprint density at radius 2 is 1.93 bits per heavy atom. The highest BCUT2D eigenvalue weighted by atomic mass is 32.1. The van der Waals surface area contributed by atoms with E-state index >= 15 is 0 Å². The molecule has 0 radical (unpaired) electrons. The molecule has 0 saturated carbocycles. The van der Waals surface area contributed by atoms with Crippen molar-refractivity contribution in [3.05, 3.63) is 42.4 Å². The van der Waals surface area contributed by atoms with Crippen LogP contribution in [0.2, 0.25) is 0 Å². The first kappa shape index (κ1) is 18.9. The molecule has 0 saturated heterocycles. The third kappa shape index (κ3) is 4.28. The van der Waals surface area contributed by atoms with Crippen LogP contribution < -0.4 is 14.4 Å². The molecule has 27 heavy (non-hydrogen) atoms. The molecule has 1 aromatic carbocycles. The lowest BCUT2D eigenvalue weighted by atomic mass is 10.2. The molecule has 0 unspecified atom stereocenters. The molecule has 0 aliphatic carbocycles. The maximum atomic E-state index is 12.8. The van der Waals surface area contributed by atoms with Gasteiger partial charge < -0.3 is 13.9 Å². The van der Waals surface area contributed by atoms with E-state index in [-0.39, 0.29) is 11.7 Å². The van der Waals surface area contributed by atoms with Crippen molar-refractivity contribution in [1.29, 1.82) is 0 Å². The van der Waals surface area contributed by atoms with Gasteiger partial charge in [0.25, 0.3) is 5.91 Å². The zero-order chi connectivity index (χ0) is 19.2. The van der Waals surface area contributed by atoms with Crippen LogP contribution in [-0.2, 0) is 0 Å². The summed E-state index contributed by atoms with van der Waals surface area (Å²) in [5.41, 5.74) is 0.816. The first-order valence-corrected chi connectivity index (χ1v) is 9.40. The molecule has 0 bridgehead atoms. The number of carbonyl (C=O) groups is 1. The largest absolute Gasteiger partial charge is 0.497 e. The number of furan rings is 1. The van der Waals surface area contributed by atoms with E-state index in [0.717, 1.165) is 18.4 Å². The SMILES string of the molecule is CCCCN(C(=O)c1ccco1)c1nnc(-c2cc(OC)cc(OC)c2)s1. The lowest BCUT2D eigenvalue weighted by Gasteiger charge is -2.17. The van der Waals surface area contributed by atoms with Crippen molar-refractivity contribution in [1.82, 2.24) is 10.2 Å². The Kier molecular flexibility index (Phi) is 6.08. The number of unbranched alkanes of at least 4 members (excludes halogenated alkanes) is 1. The molecular weight excluding hydrogens is 366 g/mol. The lowest BCUT2D eigenvalue weighted by molar-refractivity contribution is 0.0959. The molecule has 3 rings (SSSR count). The molecule has 7 nitrogen and oxygen atoms in total. The number of hydrogen-bond donors (Lipinski definition) is 0. The average molecular weight is 387 g/mol. The molecule has 8 heteroatoms. The van der Waals surface area contributed by atoms with Gasteiger partial charge in [-0.2, -0.15) is 0 Å². The summed E-state index contributed by atoms with van der Waals surface area (Å²) < 4.78 is 15.9. The Morgan fingerprint density at radius 3 is 2.52 bits per heavy atom. The minimum absolute atomic E-state index is 0.223. The van der Waals surface area contributed by atoms with Gasteiger partial charge in [0, 0.05) is 18.2 Å². The highest BCUT2D eigenvalue weighted by Gasteiger charge is 2.23. The van der Waals surface area contributed by atoms with E-state index in [9.17, 15) is 4.79 Å². The van der Waals surface area contributed by atoms with Gasteiger partial charge in [-0.3, -0.25) is 9.69 Å². The molecule has 0 aliphatic rings. The number of hydrogen-bond acceptors (Lipinski definition) is 7. The van der Waals surface area contributed by atoms with Gasteiger partial charge in [-0.05, 0) is 30.7 Å². The highest BCUT2D eigenvalue weighted by molar-refractivity contribution is 7.18. The summed E-state index contributed by atoms with van der Waals surface area (Å²) in [5.74, 6) is 1.39. The molecule has 3 aromatic rings. The van der Waals surface area contributed by atoms with Gasteiger partial charge in [0.2, 0.25) is 5.13 Å². The fraction of sp³-hybridized carbons (Fsp3) is 0.316. The standard InChI is InChI=1S/C19H21N3O4S/c1-4-5-8-22(18(23)16-7-6-9-26-16)19-21-20-17(27-19)13-10-14(24-2)12-15(11-13)25-3/h6-7,9-12H,4-5,8H2,1-3H3. The van der Waals surface area contributed by atoms with Crippen LogP contribution in [0.15, 0.2) is 41.0 Å². The maximum Gasteiger partial charge on any atom is 0.295 e. The van der Waals surface area contributed by atoms with Crippen LogP contribution in [0.3, 0.4) is 0 Å². The van der Waals surface area contributed by atoms with E-state index < -0.39 is 0 Å². The van der Waals surface area contributed by atoms with Gasteiger partial charge in [-0.15, -0.1) is 10.2 Å². The smallest absolute Gasteiger partial charge is 0.295 e. The predicted molar refractivity (Wildman–Crippen MR) is 104 cm³/mol. The summed E-state index contributed by atoms with van der Waals surface area (Å²) in [6.45, 7) is 2.62. The monoisotopic (exact) mass is 387 g/mol. The molecule has 0 aliphatic heterocycles. The topological polar surface area (TPSA) is 77.7 Å². The molecule has 1 amide bonds. The van der Waals surface area contributed by atoms with Crippen molar-refractivity contribution in [2.24, 2.45) is 0 Å². The minimum Gasteiger partial charge on any atom is -0.497 e. The van der Waals surface area contributed by atoms with Crippen LogP contribution in [0, 0.1) is 0 Å². The number of carbonyl (C=O) groups excluding carboxylic acids is 1. The molecule has 0 atom stereocenters. The molecule has 0 spiro atoms. The molecule has 2 aromatic heterocycles. The summed E-state index contributed by atoms with van der Waals surface area (Å²) in [7, 11) is 3.19. The maximum absolute atomic E-state index is 12.8. The van der Waals surface area contributed by atoms with Crippen LogP contribution in [0.1, 0.15) is 30.3 Å². The molecule has 0 N–H and O–H groups in total. The second-order valence-corrected chi connectivity index (χ2v) is 6.73. The predicted octanol–water partition coefficient (Wildman–Crippen LogP) is 4.26. The zero-order valence-corrected chi connectivity index (χ0v) is 16.3. The number of rotatable bonds is 8. The van der Waals surface area contributed by atoms with Crippen LogP contribution >= 0.6 is 11.3 Å². The van der Waals surface area contributed by atoms with Crippen LogP contribution in [0.5, 0.6) is 11.5 Å². The third-order valence-corrected chi connectivity index (χ3v) is 4.95. The van der Waals surface area contributed by atoms with E-state index in [4.69, 9.17) is 13.9 Å². The quantitative estimate of drug-likeness (QED) is 0.575. The van der Waals surface area contributed by atoms with Crippen molar-refractivity contribution in [3.63, 3.8) is 0 Å². The van der Waals surface area contributed by atoms with Crippen LogP contribution in [-0.4, -0.2) is 36.9 Å². The van der Waals surface area contributed by atoms with Gasteiger partial charge in [0.15, 0.2) is 5.76 Å². The van der Waals surface area contributed by atoms with Crippen molar-refractivity contribution in [3.8, 4) is 22.1 Å². The van der Waals surface area contributed by atoms with Gasteiger partial charge in [-0.25, -0.2) is 0 Å². The number of benzene rings is 1.